The van der Waals surface area contributed by atoms with Gasteiger partial charge in [0.1, 0.15) is 0 Å². The lowest BCUT2D eigenvalue weighted by molar-refractivity contribution is 0.0937. The smallest absolute Gasteiger partial charge is 0.261 e. The molecule has 0 radical (unpaired) electrons. The maximum atomic E-state index is 12.4. The number of ether oxygens (including phenoxy) is 1. The summed E-state index contributed by atoms with van der Waals surface area (Å²) in [5.41, 5.74) is 0.839. The van der Waals surface area contributed by atoms with Gasteiger partial charge in [-0.05, 0) is 54.8 Å². The third-order valence-corrected chi connectivity index (χ3v) is 5.50. The lowest BCUT2D eigenvalue weighted by Gasteiger charge is -2.09. The summed E-state index contributed by atoms with van der Waals surface area (Å²) < 4.78 is 32.1. The molecule has 0 bridgehead atoms. The summed E-state index contributed by atoms with van der Waals surface area (Å²) in [6.45, 7) is 0.842. The monoisotopic (exact) mass is 380 g/mol. The summed E-state index contributed by atoms with van der Waals surface area (Å²) in [6.07, 6.45) is 1.93. The standard InChI is InChI=1S/C17H20N2O4S2/c1-23-12-11-18-17(20)13-3-5-14(6-4-13)19-25(21,22)16-9-7-15(24-2)8-10-16/h3-10,19H,11-12H2,1-2H3,(H,18,20). The van der Waals surface area contributed by atoms with Gasteiger partial charge in [0, 0.05) is 29.8 Å². The highest BCUT2D eigenvalue weighted by Gasteiger charge is 2.14. The van der Waals surface area contributed by atoms with Crippen molar-refractivity contribution in [2.24, 2.45) is 0 Å². The fourth-order valence-corrected chi connectivity index (χ4v) is 3.49. The first-order chi connectivity index (χ1) is 12.0. The van der Waals surface area contributed by atoms with E-state index in [-0.39, 0.29) is 10.8 Å². The maximum Gasteiger partial charge on any atom is 0.261 e. The minimum Gasteiger partial charge on any atom is -0.383 e. The number of sulfonamides is 1. The first kappa shape index (κ1) is 19.3. The number of hydrogen-bond donors (Lipinski definition) is 2. The van der Waals surface area contributed by atoms with Crippen LogP contribution in [0.1, 0.15) is 10.4 Å². The van der Waals surface area contributed by atoms with Crippen molar-refractivity contribution in [1.29, 1.82) is 0 Å². The predicted octanol–water partition coefficient (Wildman–Crippen LogP) is 2.59. The van der Waals surface area contributed by atoms with Crippen LogP contribution in [-0.2, 0) is 14.8 Å². The fourth-order valence-electron chi connectivity index (χ4n) is 2.03. The molecular weight excluding hydrogens is 360 g/mol. The van der Waals surface area contributed by atoms with Crippen molar-refractivity contribution in [3.8, 4) is 0 Å². The molecule has 2 rings (SSSR count). The molecule has 134 valence electrons. The van der Waals surface area contributed by atoms with Crippen molar-refractivity contribution < 1.29 is 17.9 Å². The molecule has 0 saturated heterocycles. The van der Waals surface area contributed by atoms with Gasteiger partial charge in [-0.25, -0.2) is 8.42 Å². The number of benzene rings is 2. The molecule has 8 heteroatoms. The first-order valence-electron chi connectivity index (χ1n) is 7.50. The average Bonchev–Trinajstić information content (AvgIpc) is 2.62. The van der Waals surface area contributed by atoms with Crippen LogP contribution in [0.5, 0.6) is 0 Å². The van der Waals surface area contributed by atoms with E-state index in [1.807, 2.05) is 6.26 Å². The first-order valence-corrected chi connectivity index (χ1v) is 10.2. The van der Waals surface area contributed by atoms with Gasteiger partial charge >= 0.3 is 0 Å². The van der Waals surface area contributed by atoms with E-state index in [2.05, 4.69) is 10.0 Å². The van der Waals surface area contributed by atoms with Gasteiger partial charge in [-0.2, -0.15) is 0 Å². The Morgan fingerprint density at radius 3 is 2.28 bits per heavy atom. The minimum atomic E-state index is -3.67. The molecule has 0 aliphatic carbocycles. The molecule has 0 aliphatic heterocycles. The van der Waals surface area contributed by atoms with Crippen LogP contribution < -0.4 is 10.0 Å². The van der Waals surface area contributed by atoms with Gasteiger partial charge in [0.2, 0.25) is 0 Å². The Morgan fingerprint density at radius 1 is 1.08 bits per heavy atom. The largest absolute Gasteiger partial charge is 0.383 e. The Morgan fingerprint density at radius 2 is 1.72 bits per heavy atom. The zero-order valence-electron chi connectivity index (χ0n) is 14.0. The Labute approximate surface area is 152 Å². The van der Waals surface area contributed by atoms with E-state index in [0.29, 0.717) is 24.4 Å². The molecule has 0 spiro atoms. The summed E-state index contributed by atoms with van der Waals surface area (Å²) in [7, 11) is -2.11. The quantitative estimate of drug-likeness (QED) is 0.543. The summed E-state index contributed by atoms with van der Waals surface area (Å²) in [6, 6.07) is 12.9. The van der Waals surface area contributed by atoms with Crippen LogP contribution in [0.4, 0.5) is 5.69 Å². The number of nitrogens with one attached hydrogen (secondary N) is 2. The summed E-state index contributed by atoms with van der Waals surface area (Å²) in [5, 5.41) is 2.70. The number of hydrogen-bond acceptors (Lipinski definition) is 5. The SMILES string of the molecule is COCCNC(=O)c1ccc(NS(=O)(=O)c2ccc(SC)cc2)cc1. The van der Waals surface area contributed by atoms with E-state index in [9.17, 15) is 13.2 Å². The van der Waals surface area contributed by atoms with E-state index in [4.69, 9.17) is 4.74 Å². The van der Waals surface area contributed by atoms with E-state index in [1.54, 1.807) is 67.4 Å². The van der Waals surface area contributed by atoms with Crippen LogP contribution in [0, 0.1) is 0 Å². The molecule has 0 atom stereocenters. The zero-order valence-corrected chi connectivity index (χ0v) is 15.6. The molecule has 0 fully saturated rings. The highest BCUT2D eigenvalue weighted by atomic mass is 32.2. The minimum absolute atomic E-state index is 0.187. The van der Waals surface area contributed by atoms with Crippen molar-refractivity contribution in [3.05, 3.63) is 54.1 Å². The zero-order chi connectivity index (χ0) is 18.3. The number of carbonyl (C=O) groups excluding carboxylic acids is 1. The third-order valence-electron chi connectivity index (χ3n) is 3.36. The number of thioether (sulfide) groups is 1. The molecule has 0 unspecified atom stereocenters. The lowest BCUT2D eigenvalue weighted by Crippen LogP contribution is -2.26. The second kappa shape index (κ2) is 8.89. The van der Waals surface area contributed by atoms with Crippen LogP contribution in [0.15, 0.2) is 58.3 Å². The average molecular weight is 380 g/mol. The molecule has 6 nitrogen and oxygen atoms in total. The molecule has 2 aromatic rings. The third kappa shape index (κ3) is 5.48. The molecule has 0 saturated carbocycles. The van der Waals surface area contributed by atoms with E-state index in [1.165, 1.54) is 0 Å². The summed E-state index contributed by atoms with van der Waals surface area (Å²) >= 11 is 1.54. The van der Waals surface area contributed by atoms with Gasteiger partial charge in [-0.15, -0.1) is 11.8 Å². The summed E-state index contributed by atoms with van der Waals surface area (Å²) in [4.78, 5) is 13.1. The van der Waals surface area contributed by atoms with Gasteiger partial charge in [0.25, 0.3) is 15.9 Å². The number of anilines is 1. The second-order valence-corrected chi connectivity index (χ2v) is 7.67. The Kier molecular flexibility index (Phi) is 6.86. The molecule has 0 heterocycles. The summed E-state index contributed by atoms with van der Waals surface area (Å²) in [5.74, 6) is -0.237. The van der Waals surface area contributed by atoms with Gasteiger partial charge in [-0.3, -0.25) is 9.52 Å². The van der Waals surface area contributed by atoms with E-state index in [0.717, 1.165) is 4.90 Å². The van der Waals surface area contributed by atoms with E-state index >= 15 is 0 Å². The van der Waals surface area contributed by atoms with Gasteiger partial charge < -0.3 is 10.1 Å². The molecule has 2 N–H and O–H groups in total. The Hall–Kier alpha value is -2.03. The molecule has 25 heavy (non-hydrogen) atoms. The molecule has 2 aromatic carbocycles. The predicted molar refractivity (Wildman–Crippen MR) is 99.7 cm³/mol. The molecule has 0 aromatic heterocycles. The van der Waals surface area contributed by atoms with Crippen LogP contribution in [0.25, 0.3) is 0 Å². The van der Waals surface area contributed by atoms with Crippen LogP contribution >= 0.6 is 11.8 Å². The van der Waals surface area contributed by atoms with Gasteiger partial charge in [0.15, 0.2) is 0 Å². The normalized spacial score (nSPS) is 11.1. The molecule has 0 aliphatic rings. The number of rotatable bonds is 8. The van der Waals surface area contributed by atoms with Gasteiger partial charge in [0.05, 0.1) is 11.5 Å². The van der Waals surface area contributed by atoms with Crippen molar-refractivity contribution in [2.45, 2.75) is 9.79 Å². The number of methoxy groups -OCH3 is 1. The van der Waals surface area contributed by atoms with Crippen molar-refractivity contribution >= 4 is 33.4 Å². The van der Waals surface area contributed by atoms with Crippen LogP contribution in [-0.4, -0.2) is 40.8 Å². The van der Waals surface area contributed by atoms with Crippen LogP contribution in [0.2, 0.25) is 0 Å². The number of amides is 1. The topological polar surface area (TPSA) is 84.5 Å². The maximum absolute atomic E-state index is 12.4. The Bertz CT molecular complexity index is 804. The van der Waals surface area contributed by atoms with Crippen LogP contribution in [0.3, 0.4) is 0 Å². The highest BCUT2D eigenvalue weighted by molar-refractivity contribution is 7.98. The lowest BCUT2D eigenvalue weighted by atomic mass is 10.2. The second-order valence-electron chi connectivity index (χ2n) is 5.11. The molecular formula is C17H20N2O4S2. The number of carbonyl (C=O) groups is 1. The van der Waals surface area contributed by atoms with Crippen molar-refractivity contribution in [1.82, 2.24) is 5.32 Å². The van der Waals surface area contributed by atoms with Crippen molar-refractivity contribution in [2.75, 3.05) is 31.2 Å². The van der Waals surface area contributed by atoms with E-state index < -0.39 is 10.0 Å². The Balaban J connectivity index is 2.05. The molecule has 1 amide bonds. The highest BCUT2D eigenvalue weighted by Crippen LogP contribution is 2.20. The van der Waals surface area contributed by atoms with Gasteiger partial charge in [-0.1, -0.05) is 0 Å². The van der Waals surface area contributed by atoms with Crippen molar-refractivity contribution in [3.63, 3.8) is 0 Å². The fraction of sp³-hybridized carbons (Fsp3) is 0.235.